The lowest BCUT2D eigenvalue weighted by Crippen LogP contribution is -2.47. The fourth-order valence-electron chi connectivity index (χ4n) is 4.97. The number of nitrogens with zero attached hydrogens (tertiary/aromatic N) is 6. The molecule has 0 unspecified atom stereocenters. The maximum atomic E-state index is 14.0. The van der Waals surface area contributed by atoms with Crippen molar-refractivity contribution in [1.29, 1.82) is 0 Å². The highest BCUT2D eigenvalue weighted by molar-refractivity contribution is 6.01. The number of pyridine rings is 1. The Hall–Kier alpha value is -4.34. The molecule has 1 atom stereocenters. The first-order valence-corrected chi connectivity index (χ1v) is 12.8. The summed E-state index contributed by atoms with van der Waals surface area (Å²) in [6.45, 7) is 5.55. The lowest BCUT2D eigenvalue weighted by atomic mass is 10.0. The second-order valence-corrected chi connectivity index (χ2v) is 9.78. The first-order chi connectivity index (χ1) is 18.4. The third-order valence-electron chi connectivity index (χ3n) is 6.80. The number of nitrogens with one attached hydrogen (secondary N) is 1. The molecule has 0 bridgehead atoms. The van der Waals surface area contributed by atoms with Crippen molar-refractivity contribution in [2.75, 3.05) is 4.90 Å². The van der Waals surface area contributed by atoms with Crippen LogP contribution >= 0.6 is 0 Å². The van der Waals surface area contributed by atoms with E-state index < -0.39 is 6.04 Å². The molecular weight excluding hydrogens is 482 g/mol. The fraction of sp³-hybridized carbons (Fsp3) is 0.357. The second-order valence-electron chi connectivity index (χ2n) is 9.78. The molecule has 10 heteroatoms. The predicted molar refractivity (Wildman–Crippen MR) is 141 cm³/mol. The molecule has 0 aliphatic heterocycles. The van der Waals surface area contributed by atoms with E-state index in [1.807, 2.05) is 45.0 Å². The van der Waals surface area contributed by atoms with Gasteiger partial charge in [-0.25, -0.2) is 0 Å². The zero-order valence-electron chi connectivity index (χ0n) is 21.8. The van der Waals surface area contributed by atoms with Gasteiger partial charge in [0.1, 0.15) is 18.3 Å². The highest BCUT2D eigenvalue weighted by Gasteiger charge is 2.35. The lowest BCUT2D eigenvalue weighted by Gasteiger charge is -2.33. The molecule has 1 saturated carbocycles. The molecule has 10 nitrogen and oxygen atoms in total. The van der Waals surface area contributed by atoms with Gasteiger partial charge in [0.2, 0.25) is 11.7 Å². The van der Waals surface area contributed by atoms with Crippen molar-refractivity contribution < 1.29 is 14.0 Å². The molecule has 1 N–H and O–H groups in total. The third-order valence-corrected chi connectivity index (χ3v) is 6.80. The molecule has 38 heavy (non-hydrogen) atoms. The van der Waals surface area contributed by atoms with Crippen molar-refractivity contribution in [3.05, 3.63) is 77.3 Å². The summed E-state index contributed by atoms with van der Waals surface area (Å²) in [4.78, 5) is 34.8. The van der Waals surface area contributed by atoms with Gasteiger partial charge in [-0.05, 0) is 80.3 Å². The number of aromatic nitrogens is 5. The number of anilines is 1. The largest absolute Gasteiger partial charge is 0.458 e. The van der Waals surface area contributed by atoms with Crippen LogP contribution in [0.15, 0.2) is 59.3 Å². The molecule has 0 radical (unpaired) electrons. The second kappa shape index (κ2) is 11.0. The minimum Gasteiger partial charge on any atom is -0.458 e. The van der Waals surface area contributed by atoms with E-state index in [1.165, 1.54) is 4.80 Å². The average molecular weight is 514 g/mol. The molecule has 0 saturated heterocycles. The average Bonchev–Trinajstić information content (AvgIpc) is 3.66. The van der Waals surface area contributed by atoms with E-state index in [1.54, 1.807) is 35.5 Å². The number of amides is 2. The summed E-state index contributed by atoms with van der Waals surface area (Å²) in [5, 5.41) is 15.7. The van der Waals surface area contributed by atoms with E-state index in [0.29, 0.717) is 17.0 Å². The molecule has 3 heterocycles. The molecule has 1 aliphatic rings. The topological polar surface area (TPSA) is 119 Å². The van der Waals surface area contributed by atoms with Crippen LogP contribution in [0.5, 0.6) is 0 Å². The first-order valence-electron chi connectivity index (χ1n) is 12.8. The molecule has 0 spiro atoms. The van der Waals surface area contributed by atoms with Crippen molar-refractivity contribution >= 4 is 17.5 Å². The summed E-state index contributed by atoms with van der Waals surface area (Å²) < 4.78 is 5.59. The predicted octanol–water partition coefficient (Wildman–Crippen LogP) is 4.09. The highest BCUT2D eigenvalue weighted by Crippen LogP contribution is 2.32. The number of rotatable bonds is 8. The van der Waals surface area contributed by atoms with E-state index in [9.17, 15) is 9.59 Å². The van der Waals surface area contributed by atoms with Gasteiger partial charge in [0, 0.05) is 24.1 Å². The van der Waals surface area contributed by atoms with Crippen LogP contribution in [-0.4, -0.2) is 43.0 Å². The van der Waals surface area contributed by atoms with Crippen LogP contribution in [-0.2, 0) is 16.1 Å². The molecular formula is C28H31N7O3. The third kappa shape index (κ3) is 5.49. The number of hydrogen-bond donors (Lipinski definition) is 1. The fourth-order valence-corrected chi connectivity index (χ4v) is 4.97. The quantitative estimate of drug-likeness (QED) is 0.377. The Morgan fingerprint density at radius 2 is 1.84 bits per heavy atom. The number of tetrazole rings is 1. The van der Waals surface area contributed by atoms with E-state index in [2.05, 4.69) is 25.7 Å². The highest BCUT2D eigenvalue weighted by atomic mass is 16.3. The summed E-state index contributed by atoms with van der Waals surface area (Å²) in [5.74, 6) is 0.906. The van der Waals surface area contributed by atoms with Crippen LogP contribution in [0.2, 0.25) is 0 Å². The number of hydrogen-bond acceptors (Lipinski definition) is 7. The molecule has 3 aromatic heterocycles. The Balaban J connectivity index is 1.52. The SMILES string of the molecule is Cc1ccc(N(C(=O)Cn2nnc(-c3ccc(C)o3)n2)[C@H](C(=O)NC2CCCC2)c2ccncc2)c(C)c1. The van der Waals surface area contributed by atoms with E-state index in [0.717, 1.165) is 42.6 Å². The maximum Gasteiger partial charge on any atom is 0.251 e. The van der Waals surface area contributed by atoms with Gasteiger partial charge in [0.25, 0.3) is 5.91 Å². The molecule has 4 aromatic rings. The lowest BCUT2D eigenvalue weighted by molar-refractivity contribution is -0.127. The van der Waals surface area contributed by atoms with Gasteiger partial charge in [-0.1, -0.05) is 30.5 Å². The van der Waals surface area contributed by atoms with Gasteiger partial charge in [0.05, 0.1) is 0 Å². The number of benzene rings is 1. The monoisotopic (exact) mass is 513 g/mol. The van der Waals surface area contributed by atoms with Gasteiger partial charge in [-0.3, -0.25) is 19.5 Å². The minimum absolute atomic E-state index is 0.0965. The molecule has 1 fully saturated rings. The smallest absolute Gasteiger partial charge is 0.251 e. The summed E-state index contributed by atoms with van der Waals surface area (Å²) in [6, 6.07) is 12.1. The van der Waals surface area contributed by atoms with Crippen LogP contribution in [0.1, 0.15) is 54.2 Å². The van der Waals surface area contributed by atoms with Gasteiger partial charge in [-0.2, -0.15) is 4.80 Å². The van der Waals surface area contributed by atoms with E-state index in [4.69, 9.17) is 4.42 Å². The summed E-state index contributed by atoms with van der Waals surface area (Å²) >= 11 is 0. The van der Waals surface area contributed by atoms with Gasteiger partial charge in [0.15, 0.2) is 5.76 Å². The zero-order chi connectivity index (χ0) is 26.6. The van der Waals surface area contributed by atoms with E-state index >= 15 is 0 Å². The van der Waals surface area contributed by atoms with Gasteiger partial charge < -0.3 is 9.73 Å². The Kier molecular flexibility index (Phi) is 7.30. The zero-order valence-corrected chi connectivity index (χ0v) is 21.8. The normalized spacial score (nSPS) is 14.4. The summed E-state index contributed by atoms with van der Waals surface area (Å²) in [5.41, 5.74) is 3.25. The Bertz CT molecular complexity index is 1420. The van der Waals surface area contributed by atoms with Crippen molar-refractivity contribution in [3.63, 3.8) is 0 Å². The minimum atomic E-state index is -0.900. The van der Waals surface area contributed by atoms with Crippen molar-refractivity contribution in [1.82, 2.24) is 30.5 Å². The Morgan fingerprint density at radius 1 is 1.08 bits per heavy atom. The number of carbonyl (C=O) groups excluding carboxylic acids is 2. The Morgan fingerprint density at radius 3 is 2.53 bits per heavy atom. The van der Waals surface area contributed by atoms with Crippen molar-refractivity contribution in [2.45, 2.75) is 65.1 Å². The van der Waals surface area contributed by atoms with Crippen LogP contribution < -0.4 is 10.2 Å². The summed E-state index contributed by atoms with van der Waals surface area (Å²) in [6.07, 6.45) is 7.30. The van der Waals surface area contributed by atoms with Crippen LogP contribution in [0.4, 0.5) is 5.69 Å². The first kappa shape index (κ1) is 25.3. The van der Waals surface area contributed by atoms with Crippen molar-refractivity contribution in [2.24, 2.45) is 0 Å². The van der Waals surface area contributed by atoms with Gasteiger partial charge >= 0.3 is 0 Å². The van der Waals surface area contributed by atoms with Crippen molar-refractivity contribution in [3.8, 4) is 11.6 Å². The molecule has 1 aromatic carbocycles. The number of carbonyl (C=O) groups is 2. The van der Waals surface area contributed by atoms with Gasteiger partial charge in [-0.15, -0.1) is 10.2 Å². The molecule has 196 valence electrons. The number of aryl methyl sites for hydroxylation is 3. The molecule has 2 amide bonds. The van der Waals surface area contributed by atoms with Crippen LogP contribution in [0.25, 0.3) is 11.6 Å². The number of furan rings is 1. The molecule has 1 aliphatic carbocycles. The summed E-state index contributed by atoms with van der Waals surface area (Å²) in [7, 11) is 0. The van der Waals surface area contributed by atoms with E-state index in [-0.39, 0.29) is 30.2 Å². The van der Waals surface area contributed by atoms with Crippen LogP contribution in [0, 0.1) is 20.8 Å². The maximum absolute atomic E-state index is 14.0. The molecule has 5 rings (SSSR count). The van der Waals surface area contributed by atoms with Crippen LogP contribution in [0.3, 0.4) is 0 Å². The standard InChI is InChI=1S/C28H31N7O3/c1-18-8-10-23(19(2)16-18)35(25(36)17-34-32-27(31-33-34)24-11-9-20(3)38-24)26(21-12-14-29-15-13-21)28(37)30-22-6-4-5-7-22/h8-16,22,26H,4-7,17H2,1-3H3,(H,30,37)/t26-/m0/s1. The Labute approximate surface area is 221 Å².